The van der Waals surface area contributed by atoms with Crippen molar-refractivity contribution in [2.75, 3.05) is 11.1 Å². The van der Waals surface area contributed by atoms with Gasteiger partial charge in [0.25, 0.3) is 5.91 Å². The maximum atomic E-state index is 12.7. The molecule has 4 N–H and O–H groups in total. The fraction of sp³-hybridized carbons (Fsp3) is 0.105. The second-order valence-electron chi connectivity index (χ2n) is 6.12. The molecule has 3 rings (SSSR count). The van der Waals surface area contributed by atoms with Crippen LogP contribution >= 0.6 is 0 Å². The van der Waals surface area contributed by atoms with Crippen LogP contribution < -0.4 is 11.1 Å². The van der Waals surface area contributed by atoms with Crippen LogP contribution in [-0.2, 0) is 0 Å². The van der Waals surface area contributed by atoms with Crippen molar-refractivity contribution in [2.45, 2.75) is 13.5 Å². The number of nitrogen functional groups attached to an aromatic ring is 1. The summed E-state index contributed by atoms with van der Waals surface area (Å²) in [7, 11) is 0. The van der Waals surface area contributed by atoms with E-state index in [9.17, 15) is 13.6 Å². The summed E-state index contributed by atoms with van der Waals surface area (Å²) >= 11 is 0. The number of hydrogen-bond acceptors (Lipinski definition) is 6. The van der Waals surface area contributed by atoms with Gasteiger partial charge in [0.05, 0.1) is 17.5 Å². The van der Waals surface area contributed by atoms with Crippen molar-refractivity contribution >= 4 is 23.0 Å². The number of nitrogens with one attached hydrogen (secondary N) is 2. The fourth-order valence-corrected chi connectivity index (χ4v) is 2.64. The number of aryl methyl sites for hydroxylation is 1. The number of aromatic nitrogens is 3. The van der Waals surface area contributed by atoms with Gasteiger partial charge >= 0.3 is 6.55 Å². The summed E-state index contributed by atoms with van der Waals surface area (Å²) in [6.45, 7) is -1.16. The first-order chi connectivity index (χ1) is 13.8. The molecule has 0 aliphatic rings. The Morgan fingerprint density at radius 2 is 2.14 bits per heavy atom. The van der Waals surface area contributed by atoms with Gasteiger partial charge in [-0.1, -0.05) is 0 Å². The Balaban J connectivity index is 0.00000240. The van der Waals surface area contributed by atoms with Gasteiger partial charge in [0.2, 0.25) is 0 Å². The number of alkyl halides is 2. The molecule has 3 aromatic rings. The van der Waals surface area contributed by atoms with Crippen LogP contribution in [0.15, 0.2) is 42.9 Å². The molecule has 0 radical (unpaired) electrons. The normalized spacial score (nSPS) is 10.6. The van der Waals surface area contributed by atoms with Gasteiger partial charge in [0.15, 0.2) is 0 Å². The average molecular weight is 399 g/mol. The molecule has 0 saturated heterocycles. The molecule has 1 amide bonds. The molecule has 8 nitrogen and oxygen atoms in total. The lowest BCUT2D eigenvalue weighted by Crippen LogP contribution is -2.16. The van der Waals surface area contributed by atoms with Gasteiger partial charge < -0.3 is 11.1 Å². The monoisotopic (exact) mass is 399 g/mol. The summed E-state index contributed by atoms with van der Waals surface area (Å²) in [5.41, 5.74) is 7.82. The van der Waals surface area contributed by atoms with Crippen LogP contribution in [0.2, 0.25) is 0 Å². The van der Waals surface area contributed by atoms with Crippen molar-refractivity contribution in [3.8, 4) is 6.07 Å². The van der Waals surface area contributed by atoms with E-state index in [1.807, 2.05) is 6.07 Å². The van der Waals surface area contributed by atoms with Crippen LogP contribution in [0.5, 0.6) is 0 Å². The van der Waals surface area contributed by atoms with E-state index in [1.165, 1.54) is 18.3 Å². The Morgan fingerprint density at radius 3 is 2.76 bits per heavy atom. The van der Waals surface area contributed by atoms with Crippen molar-refractivity contribution in [1.29, 1.82) is 10.7 Å². The summed E-state index contributed by atoms with van der Waals surface area (Å²) in [5, 5.41) is 23.3. The highest BCUT2D eigenvalue weighted by atomic mass is 19.3. The molecular formula is C19H19F2N7O. The zero-order chi connectivity index (χ0) is 21.1. The lowest BCUT2D eigenvalue weighted by molar-refractivity contribution is 0.0566. The highest BCUT2D eigenvalue weighted by Crippen LogP contribution is 2.22. The lowest BCUT2D eigenvalue weighted by Gasteiger charge is -2.11. The van der Waals surface area contributed by atoms with Crippen LogP contribution in [0, 0.1) is 23.7 Å². The maximum Gasteiger partial charge on any atom is 0.333 e. The van der Waals surface area contributed by atoms with E-state index in [2.05, 4.69) is 15.4 Å². The van der Waals surface area contributed by atoms with Gasteiger partial charge in [0.1, 0.15) is 11.8 Å². The van der Waals surface area contributed by atoms with Crippen molar-refractivity contribution in [1.82, 2.24) is 14.8 Å². The van der Waals surface area contributed by atoms with Gasteiger partial charge in [-0.05, 0) is 36.8 Å². The number of rotatable bonds is 5. The standard InChI is InChI=1S/C19H15F2N7O.2H2/c1-10-4-11(6-22)7-25-17(10)18(29)27-13-2-3-15(23)14(5-13)16(24)12-8-26-28(9-12)19(20)21;;/h2-5,7-9,19,24H,23H2,1H3,(H,27,29);2*1H. The molecule has 0 unspecified atom stereocenters. The number of pyridine rings is 1. The quantitative estimate of drug-likeness (QED) is 0.445. The molecule has 2 aromatic heterocycles. The van der Waals surface area contributed by atoms with Crippen LogP contribution in [0.25, 0.3) is 0 Å². The zero-order valence-corrected chi connectivity index (χ0v) is 15.1. The summed E-state index contributed by atoms with van der Waals surface area (Å²) < 4.78 is 25.9. The van der Waals surface area contributed by atoms with Crippen molar-refractivity contribution in [3.05, 3.63) is 70.8 Å². The van der Waals surface area contributed by atoms with Gasteiger partial charge in [-0.3, -0.25) is 10.2 Å². The second kappa shape index (κ2) is 7.85. The SMILES string of the molecule is Cc1cc(C#N)cnc1C(=O)Nc1ccc(N)c(C(=N)c2cnn(C(F)F)c2)c1.[HH].[HH]. The number of anilines is 2. The molecule has 2 heterocycles. The number of amides is 1. The largest absolute Gasteiger partial charge is 0.398 e. The van der Waals surface area contributed by atoms with Crippen molar-refractivity contribution < 1.29 is 16.4 Å². The van der Waals surface area contributed by atoms with E-state index >= 15 is 0 Å². The van der Waals surface area contributed by atoms with Crippen molar-refractivity contribution in [3.63, 3.8) is 0 Å². The van der Waals surface area contributed by atoms with E-state index in [0.29, 0.717) is 21.5 Å². The van der Waals surface area contributed by atoms with E-state index < -0.39 is 12.5 Å². The molecule has 0 atom stereocenters. The van der Waals surface area contributed by atoms with Crippen molar-refractivity contribution in [2.24, 2.45) is 0 Å². The molecule has 0 aliphatic carbocycles. The minimum Gasteiger partial charge on any atom is -0.398 e. The Labute approximate surface area is 167 Å². The van der Waals surface area contributed by atoms with Crippen LogP contribution in [-0.4, -0.2) is 26.4 Å². The molecule has 150 valence electrons. The number of hydrogen-bond donors (Lipinski definition) is 3. The Kier molecular flexibility index (Phi) is 5.32. The van der Waals surface area contributed by atoms with Crippen LogP contribution in [0.4, 0.5) is 20.2 Å². The summed E-state index contributed by atoms with van der Waals surface area (Å²) in [5.74, 6) is -0.500. The molecule has 0 spiro atoms. The topological polar surface area (TPSA) is 133 Å². The van der Waals surface area contributed by atoms with E-state index in [4.69, 9.17) is 16.4 Å². The van der Waals surface area contributed by atoms with E-state index in [0.717, 1.165) is 12.4 Å². The lowest BCUT2D eigenvalue weighted by atomic mass is 10.0. The number of halogens is 2. The number of nitrogens with zero attached hydrogens (tertiary/aromatic N) is 4. The van der Waals surface area contributed by atoms with E-state index in [1.54, 1.807) is 19.1 Å². The number of nitrogens with two attached hydrogens (primary N) is 1. The number of carbonyl (C=O) groups is 1. The smallest absolute Gasteiger partial charge is 0.333 e. The van der Waals surface area contributed by atoms with Crippen LogP contribution in [0.3, 0.4) is 0 Å². The molecule has 0 fully saturated rings. The minimum absolute atomic E-state index is 0. The summed E-state index contributed by atoms with van der Waals surface area (Å²) in [4.78, 5) is 16.5. The van der Waals surface area contributed by atoms with Gasteiger partial charge in [-0.2, -0.15) is 19.1 Å². The molecule has 10 heteroatoms. The first kappa shape index (κ1) is 19.6. The predicted molar refractivity (Wildman–Crippen MR) is 106 cm³/mol. The average Bonchev–Trinajstić information content (AvgIpc) is 3.19. The minimum atomic E-state index is -2.82. The first-order valence-electron chi connectivity index (χ1n) is 8.29. The molecule has 0 saturated carbocycles. The highest BCUT2D eigenvalue weighted by Gasteiger charge is 2.16. The second-order valence-corrected chi connectivity index (χ2v) is 6.12. The Hall–Kier alpha value is -4.13. The molecule has 0 aliphatic heterocycles. The predicted octanol–water partition coefficient (Wildman–Crippen LogP) is 3.60. The summed E-state index contributed by atoms with van der Waals surface area (Å²) in [6, 6.07) is 8.01. The van der Waals surface area contributed by atoms with Crippen LogP contribution in [0.1, 0.15) is 42.1 Å². The number of benzene rings is 1. The molecule has 29 heavy (non-hydrogen) atoms. The molecule has 0 bridgehead atoms. The third-order valence-corrected chi connectivity index (χ3v) is 4.09. The number of nitriles is 1. The third kappa shape index (κ3) is 4.08. The number of carbonyl (C=O) groups excluding carboxylic acids is 1. The van der Waals surface area contributed by atoms with E-state index in [-0.39, 0.29) is 31.1 Å². The van der Waals surface area contributed by atoms with Gasteiger partial charge in [-0.15, -0.1) is 0 Å². The zero-order valence-electron chi connectivity index (χ0n) is 15.1. The third-order valence-electron chi connectivity index (χ3n) is 4.09. The van der Waals surface area contributed by atoms with Gasteiger partial charge in [0, 0.05) is 37.7 Å². The highest BCUT2D eigenvalue weighted by molar-refractivity contribution is 6.14. The first-order valence-corrected chi connectivity index (χ1v) is 8.29. The molecule has 1 aromatic carbocycles. The maximum absolute atomic E-state index is 12.7. The summed E-state index contributed by atoms with van der Waals surface area (Å²) in [6.07, 6.45) is 3.48. The Bertz CT molecular complexity index is 1160. The van der Waals surface area contributed by atoms with Gasteiger partial charge in [-0.25, -0.2) is 9.67 Å². The fourth-order valence-electron chi connectivity index (χ4n) is 2.64. The Morgan fingerprint density at radius 1 is 1.38 bits per heavy atom. The molecular weight excluding hydrogens is 380 g/mol.